The number of esters is 4. The summed E-state index contributed by atoms with van der Waals surface area (Å²) in [4.78, 5) is 73.0. The summed E-state index contributed by atoms with van der Waals surface area (Å²) in [7, 11) is -9.99. The number of carbonyl (C=O) groups excluding carboxylic acids is 4. The van der Waals surface area contributed by atoms with Gasteiger partial charge in [0.25, 0.3) is 0 Å². The van der Waals surface area contributed by atoms with Crippen LogP contribution >= 0.6 is 15.6 Å². The monoisotopic (exact) mass is 1490 g/mol. The fraction of sp³-hybridized carbons (Fsp3) is 0.647. The summed E-state index contributed by atoms with van der Waals surface area (Å²) in [5.41, 5.74) is 0. The number of aliphatic hydroxyl groups excluding tert-OH is 1. The maximum absolute atomic E-state index is 13.1. The zero-order chi connectivity index (χ0) is 76.0. The van der Waals surface area contributed by atoms with Crippen molar-refractivity contribution in [3.05, 3.63) is 158 Å². The number of carbonyl (C=O) groups is 4. The molecule has 0 aliphatic carbocycles. The Labute approximate surface area is 629 Å². The molecule has 0 amide bonds. The van der Waals surface area contributed by atoms with E-state index in [1.165, 1.54) is 38.5 Å². The zero-order valence-corrected chi connectivity index (χ0v) is 66.4. The number of hydrogen-bond acceptors (Lipinski definition) is 15. The molecule has 0 aliphatic rings. The first-order valence-electron chi connectivity index (χ1n) is 39.7. The quantitative estimate of drug-likeness (QED) is 0.0169. The summed E-state index contributed by atoms with van der Waals surface area (Å²) < 4.78 is 68.5. The molecule has 5 unspecified atom stereocenters. The van der Waals surface area contributed by atoms with E-state index in [0.29, 0.717) is 32.1 Å². The van der Waals surface area contributed by atoms with Gasteiger partial charge in [-0.25, -0.2) is 9.13 Å². The summed E-state index contributed by atoms with van der Waals surface area (Å²) >= 11 is 0. The predicted octanol–water partition coefficient (Wildman–Crippen LogP) is 23.2. The normalized spacial score (nSPS) is 14.7. The van der Waals surface area contributed by atoms with E-state index >= 15 is 0 Å². The molecule has 0 spiro atoms. The second kappa shape index (κ2) is 75.9. The number of allylic oxidation sites excluding steroid dienone is 26. The number of phosphoric ester groups is 2. The van der Waals surface area contributed by atoms with Crippen LogP contribution in [0.15, 0.2) is 158 Å². The molecule has 0 saturated heterocycles. The molecule has 0 fully saturated rings. The van der Waals surface area contributed by atoms with E-state index in [1.807, 2.05) is 18.2 Å². The third-order valence-corrected chi connectivity index (χ3v) is 17.9. The topological polar surface area (TPSA) is 237 Å². The van der Waals surface area contributed by atoms with Crippen molar-refractivity contribution >= 4 is 39.5 Å². The van der Waals surface area contributed by atoms with Crippen molar-refractivity contribution in [2.24, 2.45) is 0 Å². The lowest BCUT2D eigenvalue weighted by atomic mass is 10.1. The van der Waals surface area contributed by atoms with Gasteiger partial charge in [0.1, 0.15) is 19.3 Å². The van der Waals surface area contributed by atoms with Crippen LogP contribution in [-0.4, -0.2) is 96.7 Å². The minimum Gasteiger partial charge on any atom is -0.462 e. The van der Waals surface area contributed by atoms with Crippen molar-refractivity contribution < 1.29 is 80.2 Å². The highest BCUT2D eigenvalue weighted by Gasteiger charge is 2.30. The molecule has 0 aliphatic heterocycles. The van der Waals surface area contributed by atoms with Gasteiger partial charge in [0, 0.05) is 25.7 Å². The predicted molar refractivity (Wildman–Crippen MR) is 427 cm³/mol. The van der Waals surface area contributed by atoms with Crippen LogP contribution in [0.1, 0.15) is 297 Å². The van der Waals surface area contributed by atoms with Crippen LogP contribution in [0.4, 0.5) is 0 Å². The van der Waals surface area contributed by atoms with Gasteiger partial charge in [-0.05, 0) is 135 Å². The van der Waals surface area contributed by atoms with E-state index in [9.17, 15) is 43.2 Å². The lowest BCUT2D eigenvalue weighted by Gasteiger charge is -2.21. The molecule has 0 rings (SSSR count). The van der Waals surface area contributed by atoms with Crippen LogP contribution in [0, 0.1) is 0 Å². The average Bonchev–Trinajstić information content (AvgIpc) is 0.931. The van der Waals surface area contributed by atoms with Crippen molar-refractivity contribution in [3.8, 4) is 0 Å². The van der Waals surface area contributed by atoms with Crippen molar-refractivity contribution in [1.82, 2.24) is 0 Å². The number of aliphatic hydroxyl groups is 1. The molecule has 0 bridgehead atoms. The van der Waals surface area contributed by atoms with Crippen LogP contribution in [0.5, 0.6) is 0 Å². The van der Waals surface area contributed by atoms with Gasteiger partial charge in [-0.2, -0.15) is 0 Å². The van der Waals surface area contributed by atoms with Crippen LogP contribution in [0.3, 0.4) is 0 Å². The van der Waals surface area contributed by atoms with E-state index in [4.69, 9.17) is 37.0 Å². The van der Waals surface area contributed by atoms with Gasteiger partial charge in [-0.15, -0.1) is 0 Å². The van der Waals surface area contributed by atoms with Crippen LogP contribution in [-0.2, 0) is 65.4 Å². The van der Waals surface area contributed by atoms with E-state index in [0.717, 1.165) is 173 Å². The van der Waals surface area contributed by atoms with Crippen molar-refractivity contribution in [2.45, 2.75) is 316 Å². The Kier molecular flexibility index (Phi) is 72.0. The summed E-state index contributed by atoms with van der Waals surface area (Å²) in [6.45, 7) is 4.40. The van der Waals surface area contributed by atoms with Crippen molar-refractivity contribution in [2.75, 3.05) is 39.6 Å². The van der Waals surface area contributed by atoms with Gasteiger partial charge in [-0.3, -0.25) is 37.3 Å². The first kappa shape index (κ1) is 98.7. The van der Waals surface area contributed by atoms with Crippen LogP contribution in [0.25, 0.3) is 0 Å². The minimum atomic E-state index is -5.00. The number of rotatable bonds is 73. The average molecular weight is 1500 g/mol. The number of ether oxygens (including phenoxy) is 4. The third kappa shape index (κ3) is 74.9. The summed E-state index contributed by atoms with van der Waals surface area (Å²) in [5, 5.41) is 10.6. The van der Waals surface area contributed by atoms with E-state index < -0.39 is 97.5 Å². The molecule has 0 radical (unpaired) electrons. The Morgan fingerprint density at radius 1 is 0.279 bits per heavy atom. The lowest BCUT2D eigenvalue weighted by molar-refractivity contribution is -0.161. The van der Waals surface area contributed by atoms with Crippen LogP contribution < -0.4 is 0 Å². The molecule has 0 heterocycles. The maximum atomic E-state index is 13.1. The van der Waals surface area contributed by atoms with E-state index in [2.05, 4.69) is 167 Å². The number of hydrogen-bond donors (Lipinski definition) is 3. The van der Waals surface area contributed by atoms with Crippen molar-refractivity contribution in [3.63, 3.8) is 0 Å². The summed E-state index contributed by atoms with van der Waals surface area (Å²) in [6.07, 6.45) is 88.1. The highest BCUT2D eigenvalue weighted by Crippen LogP contribution is 2.45. The Morgan fingerprint density at radius 2 is 0.519 bits per heavy atom. The van der Waals surface area contributed by atoms with Gasteiger partial charge in [0.2, 0.25) is 0 Å². The molecule has 17 nitrogen and oxygen atoms in total. The summed E-state index contributed by atoms with van der Waals surface area (Å²) in [6, 6.07) is 0. The minimum absolute atomic E-state index is 0.0291. The fourth-order valence-electron chi connectivity index (χ4n) is 10.1. The SMILES string of the molecule is CC/C=C\C/C=C\C/C=C\C/C=C\C/C=C\C/C=C\CCC(=O)OCC(COP(=O)(O)OCC(O)COP(=O)(O)OCC(COC(=O)CCCCCC/C=C\C/C=C\C/C=C\C/C=C\CC)OC(=O)CCCCCCCCCCCCC)OC(=O)CCCCCCCCC/C=C\C/C=C\C/C=C\CC. The Morgan fingerprint density at radius 3 is 0.827 bits per heavy atom. The second-order valence-electron chi connectivity index (χ2n) is 25.9. The third-order valence-electron chi connectivity index (χ3n) is 16.0. The molecule has 0 aromatic heterocycles. The first-order valence-corrected chi connectivity index (χ1v) is 42.7. The van der Waals surface area contributed by atoms with E-state index in [1.54, 1.807) is 0 Å². The fourth-order valence-corrected chi connectivity index (χ4v) is 11.7. The molecule has 0 aromatic carbocycles. The van der Waals surface area contributed by atoms with Crippen LogP contribution in [0.2, 0.25) is 0 Å². The Bertz CT molecular complexity index is 2590. The molecule has 0 aromatic rings. The molecule has 3 N–H and O–H groups in total. The standard InChI is InChI=1S/C85H140O17P2/c1-5-9-13-17-21-25-29-32-35-38-39-42-44-47-51-54-58-62-66-70-83(88)96-76-81(102-85(90)72-68-64-60-56-52-48-45-41-37-34-31-27-23-19-15-11-7-3)78-100-104(93,94)98-74-79(86)73-97-103(91,92)99-77-80(101-84(89)71-67-63-59-55-49-28-24-20-16-12-8-4)75-95-82(87)69-65-61-57-53-50-46-43-40-36-33-30-26-22-18-14-10-6-2/h9-11,13-15,21-23,25-27,32-37,39,42-43,46-47,51,58,62,79-81,86H,5-8,12,16-20,24,28-31,38,40-41,44-45,48-50,52-57,59-61,63-78H2,1-4H3,(H,91,92)(H,93,94)/b13-9-,14-10-,15-11-,25-21-,26-22-,27-23-,35-32-,36-33-,37-34-,42-39-,46-43-,51-47-,62-58-. The molecule has 19 heteroatoms. The Balaban J connectivity index is 5.43. The number of phosphoric acid groups is 2. The lowest BCUT2D eigenvalue weighted by Crippen LogP contribution is -2.30. The summed E-state index contributed by atoms with van der Waals surface area (Å²) in [5.74, 6) is -2.31. The first-order chi connectivity index (χ1) is 50.7. The highest BCUT2D eigenvalue weighted by molar-refractivity contribution is 7.47. The van der Waals surface area contributed by atoms with Gasteiger partial charge in [0.15, 0.2) is 12.2 Å². The zero-order valence-electron chi connectivity index (χ0n) is 64.6. The highest BCUT2D eigenvalue weighted by atomic mass is 31.2. The number of unbranched alkanes of at least 4 members (excludes halogenated alkanes) is 21. The van der Waals surface area contributed by atoms with E-state index in [-0.39, 0.29) is 25.7 Å². The molecule has 5 atom stereocenters. The molecule has 104 heavy (non-hydrogen) atoms. The second-order valence-corrected chi connectivity index (χ2v) is 28.8. The molecule has 592 valence electrons. The van der Waals surface area contributed by atoms with Gasteiger partial charge < -0.3 is 33.8 Å². The van der Waals surface area contributed by atoms with Gasteiger partial charge in [-0.1, -0.05) is 295 Å². The van der Waals surface area contributed by atoms with Gasteiger partial charge in [0.05, 0.1) is 26.4 Å². The largest absolute Gasteiger partial charge is 0.472 e. The molecular formula is C85H140O17P2. The van der Waals surface area contributed by atoms with Gasteiger partial charge >= 0.3 is 39.5 Å². The van der Waals surface area contributed by atoms with Crippen molar-refractivity contribution in [1.29, 1.82) is 0 Å². The Hall–Kier alpha value is -5.32. The molecular weight excluding hydrogens is 1350 g/mol. The smallest absolute Gasteiger partial charge is 0.462 e. The maximum Gasteiger partial charge on any atom is 0.472 e. The molecule has 0 saturated carbocycles.